The predicted molar refractivity (Wildman–Crippen MR) is 86.0 cm³/mol. The van der Waals surface area contributed by atoms with E-state index in [-0.39, 0.29) is 17.7 Å². The minimum Gasteiger partial charge on any atom is -0.390 e. The van der Waals surface area contributed by atoms with E-state index in [1.807, 2.05) is 13.8 Å². The Hall–Kier alpha value is -1.40. The molecular formula is C16H22N2O3S. The van der Waals surface area contributed by atoms with E-state index >= 15 is 0 Å². The molecule has 0 saturated heterocycles. The van der Waals surface area contributed by atoms with Crippen molar-refractivity contribution in [3.05, 3.63) is 16.0 Å². The number of thiophene rings is 1. The Morgan fingerprint density at radius 3 is 2.55 bits per heavy atom. The first-order valence-corrected chi connectivity index (χ1v) is 8.56. The maximum Gasteiger partial charge on any atom is 0.251 e. The van der Waals surface area contributed by atoms with Crippen LogP contribution in [-0.4, -0.2) is 22.5 Å². The largest absolute Gasteiger partial charge is 0.390 e. The van der Waals surface area contributed by atoms with Gasteiger partial charge in [0.25, 0.3) is 5.91 Å². The highest BCUT2D eigenvalue weighted by atomic mass is 32.1. The van der Waals surface area contributed by atoms with Gasteiger partial charge >= 0.3 is 0 Å². The number of primary amides is 1. The van der Waals surface area contributed by atoms with E-state index in [1.165, 1.54) is 11.3 Å². The summed E-state index contributed by atoms with van der Waals surface area (Å²) < 4.78 is 0. The molecule has 1 saturated carbocycles. The van der Waals surface area contributed by atoms with E-state index < -0.39 is 11.5 Å². The van der Waals surface area contributed by atoms with Crippen LogP contribution < -0.4 is 11.1 Å². The zero-order chi connectivity index (χ0) is 16.1. The van der Waals surface area contributed by atoms with Crippen LogP contribution in [0.3, 0.4) is 0 Å². The van der Waals surface area contributed by atoms with E-state index in [2.05, 4.69) is 5.32 Å². The molecule has 1 aromatic heterocycles. The molecule has 1 fully saturated rings. The van der Waals surface area contributed by atoms with Crippen molar-refractivity contribution in [3.63, 3.8) is 0 Å². The number of nitrogens with two attached hydrogens (primary N) is 1. The summed E-state index contributed by atoms with van der Waals surface area (Å²) in [7, 11) is 0. The number of nitrogens with one attached hydrogen (secondary N) is 1. The van der Waals surface area contributed by atoms with Gasteiger partial charge in [-0.25, -0.2) is 0 Å². The van der Waals surface area contributed by atoms with Gasteiger partial charge in [0, 0.05) is 10.8 Å². The first kappa shape index (κ1) is 15.5. The van der Waals surface area contributed by atoms with Crippen LogP contribution >= 0.6 is 11.3 Å². The minimum absolute atomic E-state index is 0.0138. The molecule has 6 heteroatoms. The lowest BCUT2D eigenvalue weighted by atomic mass is 9.78. The summed E-state index contributed by atoms with van der Waals surface area (Å²) in [6.07, 6.45) is 4.11. The zero-order valence-corrected chi connectivity index (χ0v) is 13.8. The summed E-state index contributed by atoms with van der Waals surface area (Å²) in [5.41, 5.74) is 6.23. The smallest absolute Gasteiger partial charge is 0.251 e. The van der Waals surface area contributed by atoms with Crippen molar-refractivity contribution in [1.82, 2.24) is 0 Å². The van der Waals surface area contributed by atoms with Gasteiger partial charge in [0.1, 0.15) is 5.00 Å². The van der Waals surface area contributed by atoms with Crippen molar-refractivity contribution in [2.45, 2.75) is 51.6 Å². The van der Waals surface area contributed by atoms with Crippen molar-refractivity contribution in [2.75, 3.05) is 5.32 Å². The third-order valence-corrected chi connectivity index (χ3v) is 5.87. The van der Waals surface area contributed by atoms with Gasteiger partial charge < -0.3 is 16.2 Å². The Bertz CT molecular complexity index is 626. The lowest BCUT2D eigenvalue weighted by molar-refractivity contribution is -0.117. The molecule has 0 unspecified atom stereocenters. The van der Waals surface area contributed by atoms with Gasteiger partial charge in [-0.05, 0) is 57.4 Å². The molecule has 22 heavy (non-hydrogen) atoms. The number of anilines is 1. The standard InChI is InChI=1S/C16H22N2O3S/c1-16(2,21)9-5-6-10-11(7-9)22-15(12(10)13(17)19)18-14(20)8-3-4-8/h8-9,21H,3-7H2,1-2H3,(H2,17,19)(H,18,20)/t9-/m1/s1. The Morgan fingerprint density at radius 2 is 2.00 bits per heavy atom. The molecule has 0 bridgehead atoms. The third-order valence-electron chi connectivity index (χ3n) is 4.70. The number of carbonyl (C=O) groups excluding carboxylic acids is 2. The van der Waals surface area contributed by atoms with Gasteiger partial charge in [-0.15, -0.1) is 11.3 Å². The molecule has 2 aliphatic carbocycles. The van der Waals surface area contributed by atoms with Crippen LogP contribution in [0.5, 0.6) is 0 Å². The van der Waals surface area contributed by atoms with Crippen LogP contribution in [0.25, 0.3) is 0 Å². The normalized spacial score (nSPS) is 21.3. The van der Waals surface area contributed by atoms with Crippen molar-refractivity contribution < 1.29 is 14.7 Å². The summed E-state index contributed by atoms with van der Waals surface area (Å²) in [4.78, 5) is 24.9. The molecule has 1 heterocycles. The fourth-order valence-electron chi connectivity index (χ4n) is 3.10. The molecule has 0 aromatic carbocycles. The third kappa shape index (κ3) is 2.90. The highest BCUT2D eigenvalue weighted by molar-refractivity contribution is 7.17. The fourth-order valence-corrected chi connectivity index (χ4v) is 4.43. The molecule has 120 valence electrons. The van der Waals surface area contributed by atoms with Gasteiger partial charge in [-0.3, -0.25) is 9.59 Å². The highest BCUT2D eigenvalue weighted by Gasteiger charge is 2.36. The molecule has 2 amide bonds. The van der Waals surface area contributed by atoms with Gasteiger partial charge in [0.05, 0.1) is 11.2 Å². The Labute approximate surface area is 133 Å². The summed E-state index contributed by atoms with van der Waals surface area (Å²) in [6.45, 7) is 3.64. The molecule has 0 aliphatic heterocycles. The maximum absolute atomic E-state index is 12.0. The second-order valence-corrected chi connectivity index (χ2v) is 8.03. The SMILES string of the molecule is CC(C)(O)[C@@H]1CCc2c(sc(NC(=O)C3CC3)c2C(N)=O)C1. The Balaban J connectivity index is 1.90. The number of aliphatic hydroxyl groups is 1. The van der Waals surface area contributed by atoms with Gasteiger partial charge in [-0.1, -0.05) is 0 Å². The van der Waals surface area contributed by atoms with Crippen LogP contribution in [0.2, 0.25) is 0 Å². The van der Waals surface area contributed by atoms with Crippen LogP contribution in [0, 0.1) is 11.8 Å². The fraction of sp³-hybridized carbons (Fsp3) is 0.625. The van der Waals surface area contributed by atoms with Crippen LogP contribution in [0.1, 0.15) is 53.9 Å². The minimum atomic E-state index is -0.744. The lowest BCUT2D eigenvalue weighted by Crippen LogP contribution is -2.34. The second-order valence-electron chi connectivity index (χ2n) is 6.93. The molecule has 1 atom stereocenters. The lowest BCUT2D eigenvalue weighted by Gasteiger charge is -2.32. The topological polar surface area (TPSA) is 92.4 Å². The summed E-state index contributed by atoms with van der Waals surface area (Å²) in [6, 6.07) is 0. The van der Waals surface area contributed by atoms with Crippen molar-refractivity contribution >= 4 is 28.2 Å². The van der Waals surface area contributed by atoms with Crippen molar-refractivity contribution in [1.29, 1.82) is 0 Å². The highest BCUT2D eigenvalue weighted by Crippen LogP contribution is 2.42. The number of hydrogen-bond acceptors (Lipinski definition) is 4. The molecule has 4 N–H and O–H groups in total. The molecule has 0 radical (unpaired) electrons. The number of amides is 2. The first-order chi connectivity index (χ1) is 10.3. The molecule has 2 aliphatic rings. The quantitative estimate of drug-likeness (QED) is 0.792. The molecule has 5 nitrogen and oxygen atoms in total. The van der Waals surface area contributed by atoms with Gasteiger partial charge in [0.2, 0.25) is 5.91 Å². The monoisotopic (exact) mass is 322 g/mol. The average molecular weight is 322 g/mol. The Morgan fingerprint density at radius 1 is 1.32 bits per heavy atom. The Kier molecular flexibility index (Phi) is 3.77. The van der Waals surface area contributed by atoms with Crippen LogP contribution in [0.4, 0.5) is 5.00 Å². The van der Waals surface area contributed by atoms with Crippen LogP contribution in [0.15, 0.2) is 0 Å². The second kappa shape index (κ2) is 5.35. The average Bonchev–Trinajstić information content (AvgIpc) is 3.18. The van der Waals surface area contributed by atoms with Crippen LogP contribution in [-0.2, 0) is 17.6 Å². The number of rotatable bonds is 4. The summed E-state index contributed by atoms with van der Waals surface area (Å²) in [5, 5.41) is 13.7. The number of carbonyl (C=O) groups is 2. The van der Waals surface area contributed by atoms with Crippen molar-refractivity contribution in [2.24, 2.45) is 17.6 Å². The maximum atomic E-state index is 12.0. The number of hydrogen-bond donors (Lipinski definition) is 3. The first-order valence-electron chi connectivity index (χ1n) is 7.75. The van der Waals surface area contributed by atoms with E-state index in [9.17, 15) is 14.7 Å². The summed E-state index contributed by atoms with van der Waals surface area (Å²) in [5.74, 6) is -0.249. The van der Waals surface area contributed by atoms with Gasteiger partial charge in [0.15, 0.2) is 0 Å². The predicted octanol–water partition coefficient (Wildman–Crippen LogP) is 2.07. The molecule has 0 spiro atoms. The van der Waals surface area contributed by atoms with E-state index in [1.54, 1.807) is 0 Å². The molecule has 1 aromatic rings. The summed E-state index contributed by atoms with van der Waals surface area (Å²) >= 11 is 1.44. The van der Waals surface area contributed by atoms with E-state index in [4.69, 9.17) is 5.73 Å². The molecular weight excluding hydrogens is 300 g/mol. The van der Waals surface area contributed by atoms with Crippen molar-refractivity contribution in [3.8, 4) is 0 Å². The van der Waals surface area contributed by atoms with Gasteiger partial charge in [-0.2, -0.15) is 0 Å². The molecule has 3 rings (SSSR count). The van der Waals surface area contributed by atoms with E-state index in [0.717, 1.165) is 42.5 Å². The zero-order valence-electron chi connectivity index (χ0n) is 12.9. The number of fused-ring (bicyclic) bond motifs is 1. The van der Waals surface area contributed by atoms with E-state index in [0.29, 0.717) is 10.6 Å².